The van der Waals surface area contributed by atoms with Crippen LogP contribution in [0.3, 0.4) is 0 Å². The van der Waals surface area contributed by atoms with Crippen LogP contribution in [0.5, 0.6) is 0 Å². The van der Waals surface area contributed by atoms with Crippen LogP contribution in [0.25, 0.3) is 0 Å². The van der Waals surface area contributed by atoms with Crippen molar-refractivity contribution >= 4 is 28.2 Å². The molecule has 0 radical (unpaired) electrons. The number of ether oxygens (including phenoxy) is 1. The number of carboxylic acids is 1. The fourth-order valence-corrected chi connectivity index (χ4v) is 2.24. The third-order valence-electron chi connectivity index (χ3n) is 2.11. The highest BCUT2D eigenvalue weighted by Crippen LogP contribution is 2.26. The van der Waals surface area contributed by atoms with Crippen molar-refractivity contribution < 1.29 is 32.6 Å². The number of amides is 1. The summed E-state index contributed by atoms with van der Waals surface area (Å²) in [6, 6.07) is 1.49. The molecule has 0 atom stereocenters. The summed E-state index contributed by atoms with van der Waals surface area (Å²) in [4.78, 5) is 22.3. The predicted octanol–water partition coefficient (Wildman–Crippen LogP) is 2.66. The fraction of sp³-hybridized carbons (Fsp3) is 0.455. The molecule has 9 heteroatoms. The summed E-state index contributed by atoms with van der Waals surface area (Å²) in [5.74, 6) is -1.63. The van der Waals surface area contributed by atoms with E-state index in [0.717, 1.165) is 11.3 Å². The summed E-state index contributed by atoms with van der Waals surface area (Å²) in [5.41, 5.74) is 0.506. The summed E-state index contributed by atoms with van der Waals surface area (Å²) >= 11 is 0.887. The minimum Gasteiger partial charge on any atom is -0.477 e. The zero-order valence-electron chi connectivity index (χ0n) is 10.4. The molecule has 0 bridgehead atoms. The van der Waals surface area contributed by atoms with E-state index in [1.165, 1.54) is 6.07 Å². The molecule has 0 aliphatic heterocycles. The molecule has 0 saturated heterocycles. The standard InChI is InChI=1S/C11H12F3NO4S/c1-6-4-8(20-9(6)10(17)18)15-7(16)2-3-19-5-11(12,13)14/h4H,2-3,5H2,1H3,(H,15,16)(H,17,18). The van der Waals surface area contributed by atoms with Crippen LogP contribution in [0.4, 0.5) is 18.2 Å². The van der Waals surface area contributed by atoms with E-state index in [2.05, 4.69) is 10.1 Å². The number of halogens is 3. The molecule has 2 N–H and O–H groups in total. The Kier molecular flexibility index (Phi) is 5.52. The highest BCUT2D eigenvalue weighted by atomic mass is 32.1. The molecule has 5 nitrogen and oxygen atoms in total. The molecular weight excluding hydrogens is 299 g/mol. The molecule has 20 heavy (non-hydrogen) atoms. The second kappa shape index (κ2) is 6.71. The van der Waals surface area contributed by atoms with Crippen LogP contribution in [-0.4, -0.2) is 36.4 Å². The van der Waals surface area contributed by atoms with E-state index in [4.69, 9.17) is 5.11 Å². The van der Waals surface area contributed by atoms with Gasteiger partial charge in [0.1, 0.15) is 11.5 Å². The third kappa shape index (κ3) is 5.57. The molecule has 1 aromatic heterocycles. The molecule has 0 aliphatic carbocycles. The van der Waals surface area contributed by atoms with E-state index >= 15 is 0 Å². The van der Waals surface area contributed by atoms with Crippen LogP contribution in [0, 0.1) is 6.92 Å². The number of aromatic carboxylic acids is 1. The van der Waals surface area contributed by atoms with Gasteiger partial charge in [-0.05, 0) is 18.6 Å². The summed E-state index contributed by atoms with van der Waals surface area (Å²) < 4.78 is 39.6. The Hall–Kier alpha value is -1.61. The highest BCUT2D eigenvalue weighted by molar-refractivity contribution is 7.18. The van der Waals surface area contributed by atoms with Crippen molar-refractivity contribution in [3.8, 4) is 0 Å². The molecule has 0 aliphatic rings. The molecule has 1 aromatic rings. The zero-order chi connectivity index (χ0) is 15.3. The minimum absolute atomic E-state index is 0.105. The van der Waals surface area contributed by atoms with Crippen LogP contribution in [0.2, 0.25) is 0 Å². The van der Waals surface area contributed by atoms with Gasteiger partial charge in [0.2, 0.25) is 5.91 Å². The Morgan fingerprint density at radius 1 is 1.45 bits per heavy atom. The minimum atomic E-state index is -4.42. The molecule has 0 saturated carbocycles. The van der Waals surface area contributed by atoms with Gasteiger partial charge in [-0.2, -0.15) is 13.2 Å². The Labute approximate surface area is 116 Å². The number of hydrogen-bond acceptors (Lipinski definition) is 4. The van der Waals surface area contributed by atoms with Crippen LogP contribution in [0.1, 0.15) is 21.7 Å². The number of anilines is 1. The van der Waals surface area contributed by atoms with Gasteiger partial charge in [0.05, 0.1) is 18.0 Å². The van der Waals surface area contributed by atoms with E-state index in [-0.39, 0.29) is 17.9 Å². The average Bonchev–Trinajstić information content (AvgIpc) is 2.64. The number of carboxylic acid groups (broad SMARTS) is 1. The quantitative estimate of drug-likeness (QED) is 0.792. The van der Waals surface area contributed by atoms with Crippen molar-refractivity contribution in [2.45, 2.75) is 19.5 Å². The van der Waals surface area contributed by atoms with E-state index in [1.54, 1.807) is 6.92 Å². The highest BCUT2D eigenvalue weighted by Gasteiger charge is 2.27. The SMILES string of the molecule is Cc1cc(NC(=O)CCOCC(F)(F)F)sc1C(=O)O. The van der Waals surface area contributed by atoms with Gasteiger partial charge in [-0.1, -0.05) is 0 Å². The van der Waals surface area contributed by atoms with Gasteiger partial charge in [-0.15, -0.1) is 11.3 Å². The number of carbonyl (C=O) groups is 2. The Balaban J connectivity index is 2.39. The summed E-state index contributed by atoms with van der Waals surface area (Å²) in [6.45, 7) is -0.176. The van der Waals surface area contributed by atoms with Crippen molar-refractivity contribution in [1.82, 2.24) is 0 Å². The fourth-order valence-electron chi connectivity index (χ4n) is 1.31. The van der Waals surface area contributed by atoms with Gasteiger partial charge in [0.15, 0.2) is 0 Å². The molecule has 1 heterocycles. The van der Waals surface area contributed by atoms with Gasteiger partial charge < -0.3 is 15.2 Å². The van der Waals surface area contributed by atoms with Crippen molar-refractivity contribution in [3.05, 3.63) is 16.5 Å². The maximum Gasteiger partial charge on any atom is 0.411 e. The zero-order valence-corrected chi connectivity index (χ0v) is 11.2. The van der Waals surface area contributed by atoms with Crippen molar-refractivity contribution in [1.29, 1.82) is 0 Å². The maximum atomic E-state index is 11.8. The Bertz CT molecular complexity index is 498. The van der Waals surface area contributed by atoms with Gasteiger partial charge in [-0.3, -0.25) is 4.79 Å². The second-order valence-electron chi connectivity index (χ2n) is 3.89. The molecule has 112 valence electrons. The summed E-state index contributed by atoms with van der Waals surface area (Å²) in [5, 5.41) is 11.6. The van der Waals surface area contributed by atoms with Gasteiger partial charge in [-0.25, -0.2) is 4.79 Å². The van der Waals surface area contributed by atoms with Crippen molar-refractivity contribution in [3.63, 3.8) is 0 Å². The molecule has 0 fully saturated rings. The molecule has 1 rings (SSSR count). The number of hydrogen-bond donors (Lipinski definition) is 2. The number of nitrogens with one attached hydrogen (secondary N) is 1. The van der Waals surface area contributed by atoms with Crippen LogP contribution in [0.15, 0.2) is 6.07 Å². The van der Waals surface area contributed by atoms with E-state index < -0.39 is 24.7 Å². The van der Waals surface area contributed by atoms with E-state index in [1.807, 2.05) is 0 Å². The Morgan fingerprint density at radius 3 is 2.60 bits per heavy atom. The number of thiophene rings is 1. The molecule has 0 spiro atoms. The second-order valence-corrected chi connectivity index (χ2v) is 4.95. The van der Waals surface area contributed by atoms with Crippen molar-refractivity contribution in [2.24, 2.45) is 0 Å². The van der Waals surface area contributed by atoms with Gasteiger partial charge >= 0.3 is 12.1 Å². The van der Waals surface area contributed by atoms with Crippen molar-refractivity contribution in [2.75, 3.05) is 18.5 Å². The van der Waals surface area contributed by atoms with E-state index in [9.17, 15) is 22.8 Å². The first-order chi connectivity index (χ1) is 9.19. The number of alkyl halides is 3. The molecule has 1 amide bonds. The Morgan fingerprint density at radius 2 is 2.10 bits per heavy atom. The molecule has 0 aromatic carbocycles. The van der Waals surface area contributed by atoms with Crippen LogP contribution >= 0.6 is 11.3 Å². The number of carbonyl (C=O) groups excluding carboxylic acids is 1. The summed E-state index contributed by atoms with van der Waals surface area (Å²) in [7, 11) is 0. The topological polar surface area (TPSA) is 75.6 Å². The normalized spacial score (nSPS) is 11.4. The summed E-state index contributed by atoms with van der Waals surface area (Å²) in [6.07, 6.45) is -4.66. The molecule has 0 unspecified atom stereocenters. The third-order valence-corrected chi connectivity index (χ3v) is 3.25. The van der Waals surface area contributed by atoms with Gasteiger partial charge in [0, 0.05) is 0 Å². The first-order valence-electron chi connectivity index (χ1n) is 5.47. The lowest BCUT2D eigenvalue weighted by molar-refractivity contribution is -0.174. The monoisotopic (exact) mass is 311 g/mol. The first kappa shape index (κ1) is 16.4. The average molecular weight is 311 g/mol. The predicted molar refractivity (Wildman–Crippen MR) is 66.1 cm³/mol. The van der Waals surface area contributed by atoms with E-state index in [0.29, 0.717) is 10.6 Å². The van der Waals surface area contributed by atoms with Crippen LogP contribution < -0.4 is 5.32 Å². The van der Waals surface area contributed by atoms with Crippen LogP contribution in [-0.2, 0) is 9.53 Å². The lowest BCUT2D eigenvalue weighted by atomic mass is 10.3. The maximum absolute atomic E-state index is 11.8. The number of aryl methyl sites for hydroxylation is 1. The lowest BCUT2D eigenvalue weighted by Gasteiger charge is -2.07. The molecular formula is C11H12F3NO4S. The lowest BCUT2D eigenvalue weighted by Crippen LogP contribution is -2.20. The first-order valence-corrected chi connectivity index (χ1v) is 6.29. The van der Waals surface area contributed by atoms with Gasteiger partial charge in [0.25, 0.3) is 0 Å². The largest absolute Gasteiger partial charge is 0.477 e. The smallest absolute Gasteiger partial charge is 0.411 e. The number of rotatable bonds is 6.